The Kier molecular flexibility index (Phi) is 10.2. The molecule has 1 aromatic carbocycles. The van der Waals surface area contributed by atoms with Gasteiger partial charge >= 0.3 is 0 Å². The van der Waals surface area contributed by atoms with Gasteiger partial charge in [-0.05, 0) is 69.1 Å². The van der Waals surface area contributed by atoms with Crippen molar-refractivity contribution >= 4 is 11.8 Å². The van der Waals surface area contributed by atoms with Crippen LogP contribution in [0.5, 0.6) is 11.5 Å². The molecule has 1 fully saturated rings. The number of hydrogen-bond acceptors (Lipinski definition) is 6. The standard InChI is InChI=1S/C28H41N3O5/c1-21(2)28(33)31(17-16-29-13-6-7-14-29)20-27(32)30(19-24-10-8-22(3)36-24)15-12-23-9-11-25(34-4)26(18-23)35-5/h8-11,18,21H,6-7,12-17,19-20H2,1-5H3. The molecule has 198 valence electrons. The largest absolute Gasteiger partial charge is 0.493 e. The van der Waals surface area contributed by atoms with Gasteiger partial charge in [0.15, 0.2) is 11.5 Å². The van der Waals surface area contributed by atoms with Crippen LogP contribution in [0.25, 0.3) is 0 Å². The summed E-state index contributed by atoms with van der Waals surface area (Å²) in [6.07, 6.45) is 3.03. The topological polar surface area (TPSA) is 75.5 Å². The predicted molar refractivity (Wildman–Crippen MR) is 139 cm³/mol. The highest BCUT2D eigenvalue weighted by Crippen LogP contribution is 2.28. The van der Waals surface area contributed by atoms with Crippen molar-refractivity contribution in [1.29, 1.82) is 0 Å². The van der Waals surface area contributed by atoms with Gasteiger partial charge in [-0.15, -0.1) is 0 Å². The molecule has 0 spiro atoms. The molecule has 8 heteroatoms. The minimum absolute atomic E-state index is 0.0104. The molecule has 1 saturated heterocycles. The van der Waals surface area contributed by atoms with E-state index in [0.29, 0.717) is 37.6 Å². The number of amides is 2. The highest BCUT2D eigenvalue weighted by atomic mass is 16.5. The summed E-state index contributed by atoms with van der Waals surface area (Å²) in [4.78, 5) is 32.4. The Hall–Kier alpha value is -3.00. The van der Waals surface area contributed by atoms with Crippen LogP contribution in [0.2, 0.25) is 0 Å². The van der Waals surface area contributed by atoms with Gasteiger partial charge in [-0.1, -0.05) is 19.9 Å². The summed E-state index contributed by atoms with van der Waals surface area (Å²) < 4.78 is 16.5. The van der Waals surface area contributed by atoms with E-state index in [1.807, 2.05) is 51.1 Å². The van der Waals surface area contributed by atoms with Crippen LogP contribution in [-0.2, 0) is 22.6 Å². The molecule has 36 heavy (non-hydrogen) atoms. The first-order valence-corrected chi connectivity index (χ1v) is 12.9. The molecular weight excluding hydrogens is 458 g/mol. The maximum atomic E-state index is 13.6. The molecule has 0 atom stereocenters. The Morgan fingerprint density at radius 2 is 1.72 bits per heavy atom. The van der Waals surface area contributed by atoms with Crippen LogP contribution in [0.3, 0.4) is 0 Å². The summed E-state index contributed by atoms with van der Waals surface area (Å²) in [6, 6.07) is 9.58. The van der Waals surface area contributed by atoms with Gasteiger partial charge < -0.3 is 28.6 Å². The van der Waals surface area contributed by atoms with E-state index in [-0.39, 0.29) is 24.3 Å². The maximum Gasteiger partial charge on any atom is 0.242 e. The lowest BCUT2D eigenvalue weighted by Crippen LogP contribution is -2.47. The third kappa shape index (κ3) is 7.75. The number of hydrogen-bond donors (Lipinski definition) is 0. The second-order valence-corrected chi connectivity index (χ2v) is 9.73. The van der Waals surface area contributed by atoms with Crippen molar-refractivity contribution in [3.8, 4) is 11.5 Å². The first-order chi connectivity index (χ1) is 17.3. The van der Waals surface area contributed by atoms with E-state index in [2.05, 4.69) is 4.90 Å². The Balaban J connectivity index is 1.72. The van der Waals surface area contributed by atoms with Crippen molar-refractivity contribution < 1.29 is 23.5 Å². The molecule has 1 aromatic heterocycles. The minimum atomic E-state index is -0.163. The fraction of sp³-hybridized carbons (Fsp3) is 0.571. The maximum absolute atomic E-state index is 13.6. The predicted octanol–water partition coefficient (Wildman–Crippen LogP) is 3.76. The first-order valence-electron chi connectivity index (χ1n) is 12.9. The van der Waals surface area contributed by atoms with E-state index >= 15 is 0 Å². The van der Waals surface area contributed by atoms with Gasteiger partial charge in [-0.2, -0.15) is 0 Å². The molecule has 0 saturated carbocycles. The molecule has 0 unspecified atom stereocenters. The molecule has 0 bridgehead atoms. The Morgan fingerprint density at radius 1 is 1.00 bits per heavy atom. The summed E-state index contributed by atoms with van der Waals surface area (Å²) in [5, 5.41) is 0. The number of rotatable bonds is 13. The minimum Gasteiger partial charge on any atom is -0.493 e. The van der Waals surface area contributed by atoms with Crippen molar-refractivity contribution in [3.63, 3.8) is 0 Å². The average Bonchev–Trinajstić information content (AvgIpc) is 3.54. The van der Waals surface area contributed by atoms with Crippen LogP contribution in [0.15, 0.2) is 34.7 Å². The third-order valence-electron chi connectivity index (χ3n) is 6.63. The zero-order valence-electron chi connectivity index (χ0n) is 22.4. The van der Waals surface area contributed by atoms with Crippen molar-refractivity contribution in [3.05, 3.63) is 47.4 Å². The molecule has 3 rings (SSSR count). The molecule has 0 aliphatic carbocycles. The number of aryl methyl sites for hydroxylation is 1. The smallest absolute Gasteiger partial charge is 0.242 e. The number of nitrogens with zero attached hydrogens (tertiary/aromatic N) is 3. The monoisotopic (exact) mass is 499 g/mol. The fourth-order valence-corrected chi connectivity index (χ4v) is 4.51. The third-order valence-corrected chi connectivity index (χ3v) is 6.63. The molecule has 2 heterocycles. The Morgan fingerprint density at radius 3 is 2.33 bits per heavy atom. The van der Waals surface area contributed by atoms with E-state index in [4.69, 9.17) is 13.9 Å². The van der Waals surface area contributed by atoms with Crippen LogP contribution in [-0.4, -0.2) is 80.0 Å². The number of benzene rings is 1. The van der Waals surface area contributed by atoms with Gasteiger partial charge in [-0.3, -0.25) is 9.59 Å². The van der Waals surface area contributed by atoms with Crippen molar-refractivity contribution in [1.82, 2.24) is 14.7 Å². The molecule has 1 aliphatic heterocycles. The molecule has 0 N–H and O–H groups in total. The van der Waals surface area contributed by atoms with E-state index in [0.717, 1.165) is 36.7 Å². The second-order valence-electron chi connectivity index (χ2n) is 9.73. The summed E-state index contributed by atoms with van der Waals surface area (Å²) >= 11 is 0. The molecular formula is C28H41N3O5. The fourth-order valence-electron chi connectivity index (χ4n) is 4.51. The van der Waals surface area contributed by atoms with Crippen LogP contribution in [0.4, 0.5) is 0 Å². The first kappa shape index (κ1) is 27.6. The quantitative estimate of drug-likeness (QED) is 0.418. The van der Waals surface area contributed by atoms with E-state index in [1.165, 1.54) is 12.8 Å². The van der Waals surface area contributed by atoms with Gasteiger partial charge in [0.1, 0.15) is 11.5 Å². The Bertz CT molecular complexity index is 997. The molecule has 1 aliphatic rings. The van der Waals surface area contributed by atoms with Crippen molar-refractivity contribution in [2.75, 3.05) is 53.5 Å². The zero-order chi connectivity index (χ0) is 26.1. The Labute approximate surface area is 215 Å². The second kappa shape index (κ2) is 13.3. The average molecular weight is 500 g/mol. The van der Waals surface area contributed by atoms with Gasteiger partial charge in [0.2, 0.25) is 11.8 Å². The van der Waals surface area contributed by atoms with Gasteiger partial charge in [0.05, 0.1) is 27.3 Å². The summed E-state index contributed by atoms with van der Waals surface area (Å²) in [5.74, 6) is 2.62. The number of methoxy groups -OCH3 is 2. The number of carbonyl (C=O) groups excluding carboxylic acids is 2. The van der Waals surface area contributed by atoms with Gasteiger partial charge in [-0.25, -0.2) is 0 Å². The lowest BCUT2D eigenvalue weighted by molar-refractivity contribution is -0.143. The number of furan rings is 1. The van der Waals surface area contributed by atoms with Gasteiger partial charge in [0, 0.05) is 25.6 Å². The van der Waals surface area contributed by atoms with Crippen LogP contribution in [0.1, 0.15) is 43.8 Å². The van der Waals surface area contributed by atoms with E-state index < -0.39 is 0 Å². The number of ether oxygens (including phenoxy) is 2. The molecule has 8 nitrogen and oxygen atoms in total. The highest BCUT2D eigenvalue weighted by Gasteiger charge is 2.25. The molecule has 2 aromatic rings. The van der Waals surface area contributed by atoms with Crippen LogP contribution < -0.4 is 9.47 Å². The lowest BCUT2D eigenvalue weighted by Gasteiger charge is -2.29. The number of carbonyl (C=O) groups is 2. The van der Waals surface area contributed by atoms with E-state index in [1.54, 1.807) is 24.0 Å². The summed E-state index contributed by atoms with van der Waals surface area (Å²) in [5.41, 5.74) is 1.03. The van der Waals surface area contributed by atoms with Crippen LogP contribution in [0, 0.1) is 12.8 Å². The van der Waals surface area contributed by atoms with Crippen molar-refractivity contribution in [2.45, 2.75) is 46.6 Å². The molecule has 0 radical (unpaired) electrons. The SMILES string of the molecule is COc1ccc(CCN(Cc2ccc(C)o2)C(=O)CN(CCN2CCCC2)C(=O)C(C)C)cc1OC. The normalized spacial score (nSPS) is 13.7. The number of likely N-dealkylation sites (tertiary alicyclic amines) is 1. The highest BCUT2D eigenvalue weighted by molar-refractivity contribution is 5.85. The van der Waals surface area contributed by atoms with Crippen molar-refractivity contribution in [2.24, 2.45) is 5.92 Å². The van der Waals surface area contributed by atoms with E-state index in [9.17, 15) is 9.59 Å². The van der Waals surface area contributed by atoms with Gasteiger partial charge in [0.25, 0.3) is 0 Å². The zero-order valence-corrected chi connectivity index (χ0v) is 22.4. The molecule has 2 amide bonds. The summed E-state index contributed by atoms with van der Waals surface area (Å²) in [7, 11) is 3.22. The lowest BCUT2D eigenvalue weighted by atomic mass is 10.1. The summed E-state index contributed by atoms with van der Waals surface area (Å²) in [6.45, 7) is 10.1. The van der Waals surface area contributed by atoms with Crippen LogP contribution >= 0.6 is 0 Å².